The number of ether oxygens (including phenoxy) is 1. The molecule has 0 amide bonds. The van der Waals surface area contributed by atoms with Crippen LogP contribution < -0.4 is 0 Å². The van der Waals surface area contributed by atoms with Crippen molar-refractivity contribution in [3.05, 3.63) is 0 Å². The Kier molecular flexibility index (Phi) is 4.37. The molecule has 1 saturated heterocycles. The fraction of sp³-hybridized carbons (Fsp3) is 1.00. The second-order valence-electron chi connectivity index (χ2n) is 2.77. The highest BCUT2D eigenvalue weighted by Gasteiger charge is 2.14. The largest absolute Gasteiger partial charge is 0.369 e. The molecular formula is C7H15BrN2O. The summed E-state index contributed by atoms with van der Waals surface area (Å²) in [5, 5.41) is 0. The molecule has 0 saturated carbocycles. The Bertz CT molecular complexity index is 105. The van der Waals surface area contributed by atoms with Crippen molar-refractivity contribution in [3.8, 4) is 0 Å². The lowest BCUT2D eigenvalue weighted by Gasteiger charge is -2.32. The van der Waals surface area contributed by atoms with E-state index in [4.69, 9.17) is 4.74 Å². The van der Waals surface area contributed by atoms with Crippen molar-refractivity contribution >= 4 is 15.9 Å². The molecule has 0 N–H and O–H groups in total. The molecule has 0 aliphatic carbocycles. The van der Waals surface area contributed by atoms with Gasteiger partial charge in [0.15, 0.2) is 0 Å². The maximum Gasteiger partial charge on any atom is 0.0987 e. The van der Waals surface area contributed by atoms with Crippen LogP contribution in [-0.2, 0) is 4.74 Å². The van der Waals surface area contributed by atoms with Crippen LogP contribution in [0.4, 0.5) is 0 Å². The molecule has 0 spiro atoms. The molecule has 0 unspecified atom stereocenters. The standard InChI is InChI=1S/C7H15BrN2O/c1-11-7-10-4-2-9(6-8)3-5-10/h2-7H2,1H3. The van der Waals surface area contributed by atoms with Crippen LogP contribution >= 0.6 is 15.9 Å². The first-order valence-electron chi connectivity index (χ1n) is 3.86. The van der Waals surface area contributed by atoms with Crippen LogP contribution in [0.15, 0.2) is 0 Å². The average Bonchev–Trinajstić information content (AvgIpc) is 2.07. The summed E-state index contributed by atoms with van der Waals surface area (Å²) in [7, 11) is 1.75. The number of methoxy groups -OCH3 is 1. The van der Waals surface area contributed by atoms with Gasteiger partial charge in [-0.3, -0.25) is 9.80 Å². The molecule has 4 heteroatoms. The summed E-state index contributed by atoms with van der Waals surface area (Å²) in [6.07, 6.45) is 0. The molecule has 1 aliphatic heterocycles. The maximum atomic E-state index is 5.05. The smallest absolute Gasteiger partial charge is 0.0987 e. The van der Waals surface area contributed by atoms with Crippen LogP contribution in [0.1, 0.15) is 0 Å². The third kappa shape index (κ3) is 3.07. The second kappa shape index (κ2) is 5.09. The molecule has 1 fully saturated rings. The van der Waals surface area contributed by atoms with E-state index in [-0.39, 0.29) is 0 Å². The van der Waals surface area contributed by atoms with E-state index in [2.05, 4.69) is 25.7 Å². The van der Waals surface area contributed by atoms with Crippen molar-refractivity contribution in [2.45, 2.75) is 0 Å². The zero-order valence-electron chi connectivity index (χ0n) is 6.92. The molecule has 3 nitrogen and oxygen atoms in total. The van der Waals surface area contributed by atoms with Gasteiger partial charge < -0.3 is 4.74 Å². The van der Waals surface area contributed by atoms with Gasteiger partial charge in [-0.2, -0.15) is 0 Å². The highest BCUT2D eigenvalue weighted by atomic mass is 79.9. The van der Waals surface area contributed by atoms with Gasteiger partial charge in [0.05, 0.1) is 12.2 Å². The summed E-state index contributed by atoms with van der Waals surface area (Å²) in [6, 6.07) is 0. The number of alkyl halides is 1. The van der Waals surface area contributed by atoms with Gasteiger partial charge in [0, 0.05) is 33.3 Å². The average molecular weight is 223 g/mol. The number of hydrogen-bond donors (Lipinski definition) is 0. The summed E-state index contributed by atoms with van der Waals surface area (Å²) in [5.41, 5.74) is 0.994. The number of halogens is 1. The van der Waals surface area contributed by atoms with Gasteiger partial charge in [-0.25, -0.2) is 0 Å². The number of piperazine rings is 1. The van der Waals surface area contributed by atoms with E-state index in [0.717, 1.165) is 38.4 Å². The van der Waals surface area contributed by atoms with Crippen LogP contribution in [0.25, 0.3) is 0 Å². The van der Waals surface area contributed by atoms with Gasteiger partial charge in [-0.05, 0) is 0 Å². The Morgan fingerprint density at radius 3 is 2.18 bits per heavy atom. The molecule has 66 valence electrons. The van der Waals surface area contributed by atoms with E-state index in [9.17, 15) is 0 Å². The van der Waals surface area contributed by atoms with Crippen LogP contribution in [0, 0.1) is 0 Å². The Morgan fingerprint density at radius 1 is 1.18 bits per heavy atom. The van der Waals surface area contributed by atoms with Crippen molar-refractivity contribution < 1.29 is 4.74 Å². The lowest BCUT2D eigenvalue weighted by atomic mass is 10.3. The molecule has 1 heterocycles. The molecule has 0 aromatic carbocycles. The Balaban J connectivity index is 2.14. The fourth-order valence-electron chi connectivity index (χ4n) is 1.22. The highest BCUT2D eigenvalue weighted by Crippen LogP contribution is 2.02. The van der Waals surface area contributed by atoms with Gasteiger partial charge in [0.25, 0.3) is 0 Å². The lowest BCUT2D eigenvalue weighted by molar-refractivity contribution is 0.0318. The van der Waals surface area contributed by atoms with Crippen molar-refractivity contribution in [2.75, 3.05) is 45.5 Å². The Labute approximate surface area is 76.4 Å². The normalized spacial score (nSPS) is 22.4. The minimum Gasteiger partial charge on any atom is -0.369 e. The predicted molar refractivity (Wildman–Crippen MR) is 48.8 cm³/mol. The summed E-state index contributed by atoms with van der Waals surface area (Å²) >= 11 is 3.45. The highest BCUT2D eigenvalue weighted by molar-refractivity contribution is 9.09. The second-order valence-corrected chi connectivity index (χ2v) is 3.27. The molecule has 0 atom stereocenters. The Morgan fingerprint density at radius 2 is 1.73 bits per heavy atom. The maximum absolute atomic E-state index is 5.05. The third-order valence-corrected chi connectivity index (χ3v) is 2.65. The molecule has 0 radical (unpaired) electrons. The molecule has 0 aromatic rings. The van der Waals surface area contributed by atoms with Crippen molar-refractivity contribution in [1.82, 2.24) is 9.80 Å². The van der Waals surface area contributed by atoms with E-state index < -0.39 is 0 Å². The SMILES string of the molecule is COCN1CCN(CBr)CC1. The van der Waals surface area contributed by atoms with Crippen molar-refractivity contribution in [1.29, 1.82) is 0 Å². The van der Waals surface area contributed by atoms with Crippen molar-refractivity contribution in [2.24, 2.45) is 0 Å². The van der Waals surface area contributed by atoms with Gasteiger partial charge >= 0.3 is 0 Å². The van der Waals surface area contributed by atoms with Gasteiger partial charge in [0.2, 0.25) is 0 Å². The van der Waals surface area contributed by atoms with Gasteiger partial charge in [0.1, 0.15) is 0 Å². The minimum atomic E-state index is 0.774. The molecule has 1 rings (SSSR count). The quantitative estimate of drug-likeness (QED) is 0.513. The van der Waals surface area contributed by atoms with Crippen LogP contribution in [0.3, 0.4) is 0 Å². The van der Waals surface area contributed by atoms with E-state index >= 15 is 0 Å². The third-order valence-electron chi connectivity index (χ3n) is 1.95. The summed E-state index contributed by atoms with van der Waals surface area (Å²) in [4.78, 5) is 4.70. The summed E-state index contributed by atoms with van der Waals surface area (Å²) in [6.45, 7) is 5.32. The zero-order chi connectivity index (χ0) is 8.10. The molecular weight excluding hydrogens is 208 g/mol. The first kappa shape index (κ1) is 9.45. The van der Waals surface area contributed by atoms with Crippen molar-refractivity contribution in [3.63, 3.8) is 0 Å². The summed E-state index contributed by atoms with van der Waals surface area (Å²) < 4.78 is 5.05. The topological polar surface area (TPSA) is 15.7 Å². The van der Waals surface area contributed by atoms with Gasteiger partial charge in [-0.1, -0.05) is 15.9 Å². The lowest BCUT2D eigenvalue weighted by Crippen LogP contribution is -2.46. The number of rotatable bonds is 3. The first-order chi connectivity index (χ1) is 5.36. The molecule has 0 bridgehead atoms. The van der Waals surface area contributed by atoms with E-state index in [1.165, 1.54) is 0 Å². The minimum absolute atomic E-state index is 0.774. The molecule has 11 heavy (non-hydrogen) atoms. The predicted octanol–water partition coefficient (Wildman–Crippen LogP) is 0.560. The van der Waals surface area contributed by atoms with Crippen LogP contribution in [-0.4, -0.2) is 55.3 Å². The fourth-order valence-corrected chi connectivity index (χ4v) is 1.72. The Hall–Kier alpha value is 0.360. The molecule has 1 aliphatic rings. The van der Waals surface area contributed by atoms with E-state index in [1.54, 1.807) is 7.11 Å². The van der Waals surface area contributed by atoms with E-state index in [1.807, 2.05) is 0 Å². The monoisotopic (exact) mass is 222 g/mol. The van der Waals surface area contributed by atoms with Gasteiger partial charge in [-0.15, -0.1) is 0 Å². The summed E-state index contributed by atoms with van der Waals surface area (Å²) in [5.74, 6) is 0. The van der Waals surface area contributed by atoms with Crippen LogP contribution in [0.2, 0.25) is 0 Å². The van der Waals surface area contributed by atoms with Crippen LogP contribution in [0.5, 0.6) is 0 Å². The van der Waals surface area contributed by atoms with E-state index in [0.29, 0.717) is 0 Å². The zero-order valence-corrected chi connectivity index (χ0v) is 8.51. The first-order valence-corrected chi connectivity index (χ1v) is 4.98. The molecule has 0 aromatic heterocycles. The number of hydrogen-bond acceptors (Lipinski definition) is 3. The number of nitrogens with zero attached hydrogens (tertiary/aromatic N) is 2.